The molecule has 1 aromatic carbocycles. The smallest absolute Gasteiger partial charge is 0.194 e. The maximum Gasteiger partial charge on any atom is 0.460 e. The van der Waals surface area contributed by atoms with Crippen LogP contribution in [0.4, 0.5) is 119 Å². The zero-order chi connectivity index (χ0) is 38.4. The van der Waals surface area contributed by atoms with Crippen molar-refractivity contribution in [3.8, 4) is 0 Å². The van der Waals surface area contributed by atoms with Crippen LogP contribution in [-0.4, -0.2) is 54.1 Å². The molecule has 0 spiro atoms. The van der Waals surface area contributed by atoms with Crippen molar-refractivity contribution in [2.45, 2.75) is 78.8 Å². The zero-order valence-corrected chi connectivity index (χ0v) is 20.9. The van der Waals surface area contributed by atoms with E-state index in [1.54, 1.807) is 0 Å². The lowest BCUT2D eigenvalue weighted by Gasteiger charge is -2.38. The van der Waals surface area contributed by atoms with E-state index < -0.39 is 113 Å². The molecule has 1 aromatic rings. The summed E-state index contributed by atoms with van der Waals surface area (Å²) in [6, 6.07) is -4.37. The summed E-state index contributed by atoms with van der Waals surface area (Å²) in [6.45, 7) is -0.293. The van der Waals surface area contributed by atoms with Gasteiger partial charge in [0.05, 0.1) is 0 Å². The minimum absolute atomic E-state index is 0.293. The first-order valence-corrected chi connectivity index (χ1v) is 10.6. The van der Waals surface area contributed by atoms with E-state index in [4.69, 9.17) is 0 Å². The summed E-state index contributed by atoms with van der Waals surface area (Å²) >= 11 is 0. The van der Waals surface area contributed by atoms with Gasteiger partial charge in [-0.15, -0.1) is 0 Å². The fourth-order valence-corrected chi connectivity index (χ4v) is 3.31. The van der Waals surface area contributed by atoms with Gasteiger partial charge < -0.3 is 0 Å². The van der Waals surface area contributed by atoms with Crippen LogP contribution in [0.1, 0.15) is 29.2 Å². The molecule has 0 bridgehead atoms. The topological polar surface area (TPSA) is 0 Å². The highest BCUT2D eigenvalue weighted by Crippen LogP contribution is 2.63. The number of hydrogen-bond donors (Lipinski definition) is 0. The van der Waals surface area contributed by atoms with Crippen LogP contribution in [0.3, 0.4) is 0 Å². The van der Waals surface area contributed by atoms with E-state index in [9.17, 15) is 119 Å². The van der Waals surface area contributed by atoms with Crippen molar-refractivity contribution in [1.82, 2.24) is 0 Å². The van der Waals surface area contributed by atoms with E-state index in [0.717, 1.165) is 0 Å². The Kier molecular flexibility index (Phi) is 9.84. The van der Waals surface area contributed by atoms with Crippen LogP contribution in [0.15, 0.2) is 12.1 Å². The van der Waals surface area contributed by atoms with Crippen molar-refractivity contribution in [2.24, 2.45) is 0 Å². The third-order valence-corrected chi connectivity index (χ3v) is 5.94. The third kappa shape index (κ3) is 5.66. The van der Waals surface area contributed by atoms with Crippen molar-refractivity contribution >= 4 is 0 Å². The first kappa shape index (κ1) is 42.4. The molecule has 0 aliphatic heterocycles. The van der Waals surface area contributed by atoms with Crippen molar-refractivity contribution < 1.29 is 119 Å². The summed E-state index contributed by atoms with van der Waals surface area (Å²) in [5.41, 5.74) is -16.1. The third-order valence-electron chi connectivity index (χ3n) is 5.94. The average molecular weight is 759 g/mol. The minimum atomic E-state index is -8.33. The number of alkyl halides is 27. The predicted octanol–water partition coefficient (Wildman–Crippen LogP) is 11.0. The second-order valence-electron chi connectivity index (χ2n) is 8.94. The Hall–Kier alpha value is -2.67. The molecule has 0 saturated heterocycles. The van der Waals surface area contributed by atoms with Crippen molar-refractivity contribution in [1.29, 1.82) is 0 Å². The summed E-state index contributed by atoms with van der Waals surface area (Å²) in [7, 11) is 0. The molecule has 47 heavy (non-hydrogen) atoms. The lowest BCUT2D eigenvalue weighted by atomic mass is 9.81. The van der Waals surface area contributed by atoms with Crippen LogP contribution in [0.5, 0.6) is 0 Å². The normalized spacial score (nSPS) is 16.2. The minimum Gasteiger partial charge on any atom is -0.194 e. The second-order valence-corrected chi connectivity index (χ2v) is 8.94. The highest BCUT2D eigenvalue weighted by Gasteiger charge is 2.85. The van der Waals surface area contributed by atoms with Crippen LogP contribution < -0.4 is 0 Å². The van der Waals surface area contributed by atoms with Crippen LogP contribution in [-0.2, 0) is 17.8 Å². The molecule has 0 heterocycles. The molecule has 0 aliphatic carbocycles. The summed E-state index contributed by atoms with van der Waals surface area (Å²) in [4.78, 5) is 0. The summed E-state index contributed by atoms with van der Waals surface area (Å²) in [5, 5.41) is 0. The number of benzene rings is 1. The predicted molar refractivity (Wildman–Crippen MR) is 95.0 cm³/mol. The van der Waals surface area contributed by atoms with Gasteiger partial charge in [0.15, 0.2) is 0 Å². The van der Waals surface area contributed by atoms with Gasteiger partial charge in [-0.25, -0.2) is 0 Å². The highest BCUT2D eigenvalue weighted by molar-refractivity contribution is 5.51. The second kappa shape index (κ2) is 10.9. The van der Waals surface area contributed by atoms with E-state index in [-0.39, 0.29) is 6.92 Å². The molecule has 1 radical (unpaired) electrons. The molecule has 0 N–H and O–H groups in total. The summed E-state index contributed by atoms with van der Waals surface area (Å²) < 4.78 is 364. The molecule has 0 fully saturated rings. The molecule has 0 atom stereocenters. The van der Waals surface area contributed by atoms with Crippen molar-refractivity contribution in [3.05, 3.63) is 40.8 Å². The van der Waals surface area contributed by atoms with E-state index in [2.05, 4.69) is 0 Å². The zero-order valence-electron chi connectivity index (χ0n) is 20.9. The fourth-order valence-electron chi connectivity index (χ4n) is 3.31. The molecule has 0 unspecified atom stereocenters. The lowest BCUT2D eigenvalue weighted by Crippen LogP contribution is -2.61. The Morgan fingerprint density at radius 1 is 0.340 bits per heavy atom. The van der Waals surface area contributed by atoms with Gasteiger partial charge in [-0.1, -0.05) is 6.92 Å². The van der Waals surface area contributed by atoms with Crippen LogP contribution in [0.2, 0.25) is 0 Å². The van der Waals surface area contributed by atoms with Crippen molar-refractivity contribution in [3.63, 3.8) is 0 Å². The molecule has 1 rings (SSSR count). The van der Waals surface area contributed by atoms with Gasteiger partial charge in [-0.3, -0.25) is 0 Å². The fraction of sp³-hybridized carbons (Fsp3) is 0.650. The molecule has 0 amide bonds. The van der Waals surface area contributed by atoms with E-state index in [1.807, 2.05) is 0 Å². The van der Waals surface area contributed by atoms with E-state index in [1.165, 1.54) is 0 Å². The standard InChI is InChI=1S/C20H6F27/c1-2-6-7(10(23,24)13(29,30)16(35,36)19(42,43)44)3-5(9(21,22)12(27,28)15(33,34)18(39,40)41)4-8(6)11(25,26)14(31,32)17(37,38)20(45,46)47/h2-4H,1H3. The highest BCUT2D eigenvalue weighted by atomic mass is 19.4. The largest absolute Gasteiger partial charge is 0.460 e. The summed E-state index contributed by atoms with van der Waals surface area (Å²) in [5.74, 6) is -73.3. The molecule has 27 heteroatoms. The molecule has 275 valence electrons. The first-order chi connectivity index (χ1) is 20.0. The van der Waals surface area contributed by atoms with Crippen LogP contribution in [0, 0.1) is 6.42 Å². The molecule has 0 aliphatic rings. The van der Waals surface area contributed by atoms with Gasteiger partial charge in [0.2, 0.25) is 0 Å². The number of halogens is 27. The maximum absolute atomic E-state index is 14.7. The van der Waals surface area contributed by atoms with Gasteiger partial charge in [0.1, 0.15) is 0 Å². The quantitative estimate of drug-likeness (QED) is 0.209. The Morgan fingerprint density at radius 2 is 0.553 bits per heavy atom. The van der Waals surface area contributed by atoms with Crippen molar-refractivity contribution in [2.75, 3.05) is 0 Å². The number of rotatable bonds is 10. The first-order valence-electron chi connectivity index (χ1n) is 10.6. The molecule has 0 nitrogen and oxygen atoms in total. The van der Waals surface area contributed by atoms with Gasteiger partial charge in [-0.2, -0.15) is 119 Å². The van der Waals surface area contributed by atoms with Gasteiger partial charge in [0, 0.05) is 16.7 Å². The van der Waals surface area contributed by atoms with Gasteiger partial charge in [0.25, 0.3) is 0 Å². The lowest BCUT2D eigenvalue weighted by molar-refractivity contribution is -0.401. The Morgan fingerprint density at radius 3 is 0.745 bits per heavy atom. The van der Waals surface area contributed by atoms with Gasteiger partial charge in [-0.05, 0) is 24.1 Å². The Balaban J connectivity index is 4.67. The molecule has 0 saturated carbocycles. The number of hydrogen-bond acceptors (Lipinski definition) is 0. The molecule has 0 aromatic heterocycles. The summed E-state index contributed by atoms with van der Waals surface area (Å²) in [6.07, 6.45) is -24.7. The SMILES string of the molecule is C[CH]c1c(C(F)(F)C(F)(F)C(F)(F)C(F)(F)F)cc(C(F)(F)C(F)(F)C(F)(F)C(F)(F)F)cc1C(F)(F)C(F)(F)C(F)(F)C(F)(F)F. The monoisotopic (exact) mass is 759 g/mol. The molecular formula is C20H6F27. The van der Waals surface area contributed by atoms with E-state index in [0.29, 0.717) is 0 Å². The van der Waals surface area contributed by atoms with E-state index >= 15 is 0 Å². The maximum atomic E-state index is 14.7. The van der Waals surface area contributed by atoms with Crippen LogP contribution in [0.25, 0.3) is 0 Å². The Bertz CT molecular complexity index is 1230. The molecular weight excluding hydrogens is 753 g/mol. The van der Waals surface area contributed by atoms with Crippen LogP contribution >= 0.6 is 0 Å². The average Bonchev–Trinajstić information content (AvgIpc) is 2.84. The Labute approximate surface area is 239 Å². The van der Waals surface area contributed by atoms with Gasteiger partial charge >= 0.3 is 71.8 Å².